The largest absolute Gasteiger partial charge is 0.486 e. The first-order valence-electron chi connectivity index (χ1n) is 8.45. The summed E-state index contributed by atoms with van der Waals surface area (Å²) in [5.41, 5.74) is 0. The van der Waals surface area contributed by atoms with Crippen molar-refractivity contribution in [2.45, 2.75) is 25.1 Å². The molecule has 0 unspecified atom stereocenters. The lowest BCUT2D eigenvalue weighted by molar-refractivity contribution is -0.142. The molecule has 0 saturated heterocycles. The van der Waals surface area contributed by atoms with Crippen LogP contribution in [0.15, 0.2) is 47.6 Å². The molecule has 0 spiro atoms. The first-order valence-corrected chi connectivity index (χ1v) is 9.44. The molecule has 3 rings (SSSR count). The molecule has 0 aliphatic carbocycles. The standard InChI is InChI=1S/C19H21N3O3S/c1-3-24-18(23)10-11-26-19-21-20-17(22(19)2)13-25-16-9-8-14-6-4-5-7-15(14)12-16/h4-9,12H,3,10-11,13H2,1-2H3. The topological polar surface area (TPSA) is 66.2 Å². The molecule has 3 aromatic rings. The summed E-state index contributed by atoms with van der Waals surface area (Å²) in [5.74, 6) is 1.94. The predicted octanol–water partition coefficient (Wildman–Crippen LogP) is 3.59. The Morgan fingerprint density at radius 3 is 2.77 bits per heavy atom. The molecule has 1 heterocycles. The molecule has 0 atom stereocenters. The Morgan fingerprint density at radius 1 is 1.15 bits per heavy atom. The van der Waals surface area contributed by atoms with Crippen LogP contribution in [-0.2, 0) is 23.2 Å². The summed E-state index contributed by atoms with van der Waals surface area (Å²) < 4.78 is 12.7. The number of esters is 1. The van der Waals surface area contributed by atoms with Crippen molar-refractivity contribution >= 4 is 28.5 Å². The lowest BCUT2D eigenvalue weighted by Gasteiger charge is -2.07. The fourth-order valence-corrected chi connectivity index (χ4v) is 3.31. The zero-order chi connectivity index (χ0) is 18.4. The van der Waals surface area contributed by atoms with E-state index in [4.69, 9.17) is 9.47 Å². The van der Waals surface area contributed by atoms with E-state index in [0.717, 1.165) is 22.1 Å². The van der Waals surface area contributed by atoms with Gasteiger partial charge in [-0.3, -0.25) is 4.79 Å². The third-order valence-corrected chi connectivity index (χ3v) is 4.88. The second kappa shape index (κ2) is 8.71. The average Bonchev–Trinajstić information content (AvgIpc) is 3.00. The molecule has 0 amide bonds. The summed E-state index contributed by atoms with van der Waals surface area (Å²) in [4.78, 5) is 11.4. The number of aromatic nitrogens is 3. The van der Waals surface area contributed by atoms with Gasteiger partial charge in [0.15, 0.2) is 11.0 Å². The Labute approximate surface area is 156 Å². The number of thioether (sulfide) groups is 1. The van der Waals surface area contributed by atoms with Crippen LogP contribution < -0.4 is 4.74 Å². The third kappa shape index (κ3) is 4.54. The van der Waals surface area contributed by atoms with Crippen LogP contribution in [0.2, 0.25) is 0 Å². The Kier molecular flexibility index (Phi) is 6.12. The molecule has 0 N–H and O–H groups in total. The number of hydrogen-bond acceptors (Lipinski definition) is 6. The highest BCUT2D eigenvalue weighted by Crippen LogP contribution is 2.22. The molecule has 6 nitrogen and oxygen atoms in total. The van der Waals surface area contributed by atoms with Crippen molar-refractivity contribution in [1.29, 1.82) is 0 Å². The molecule has 0 bridgehead atoms. The Morgan fingerprint density at radius 2 is 1.96 bits per heavy atom. The third-order valence-electron chi connectivity index (χ3n) is 3.86. The predicted molar refractivity (Wildman–Crippen MR) is 101 cm³/mol. The van der Waals surface area contributed by atoms with Gasteiger partial charge in [0, 0.05) is 12.8 Å². The van der Waals surface area contributed by atoms with E-state index in [-0.39, 0.29) is 5.97 Å². The number of carbonyl (C=O) groups excluding carboxylic acids is 1. The minimum Gasteiger partial charge on any atom is -0.486 e. The first-order chi connectivity index (χ1) is 12.7. The van der Waals surface area contributed by atoms with Crippen molar-refractivity contribution in [1.82, 2.24) is 14.8 Å². The monoisotopic (exact) mass is 371 g/mol. The first kappa shape index (κ1) is 18.3. The molecule has 0 aliphatic heterocycles. The van der Waals surface area contributed by atoms with Gasteiger partial charge in [0.05, 0.1) is 13.0 Å². The van der Waals surface area contributed by atoms with Crippen LogP contribution in [0.25, 0.3) is 10.8 Å². The molecule has 0 saturated carbocycles. The van der Waals surface area contributed by atoms with Crippen LogP contribution in [-0.4, -0.2) is 33.1 Å². The maximum Gasteiger partial charge on any atom is 0.306 e. The van der Waals surface area contributed by atoms with Gasteiger partial charge in [-0.25, -0.2) is 0 Å². The molecule has 0 fully saturated rings. The second-order valence-electron chi connectivity index (χ2n) is 5.66. The van der Waals surface area contributed by atoms with Crippen LogP contribution in [0.5, 0.6) is 5.75 Å². The van der Waals surface area contributed by atoms with Crippen LogP contribution >= 0.6 is 11.8 Å². The van der Waals surface area contributed by atoms with Gasteiger partial charge in [-0.1, -0.05) is 42.1 Å². The number of benzene rings is 2. The van der Waals surface area contributed by atoms with Gasteiger partial charge in [0.1, 0.15) is 12.4 Å². The molecular weight excluding hydrogens is 350 g/mol. The average molecular weight is 371 g/mol. The van der Waals surface area contributed by atoms with Crippen molar-refractivity contribution < 1.29 is 14.3 Å². The molecule has 0 radical (unpaired) electrons. The van der Waals surface area contributed by atoms with Crippen LogP contribution in [0.1, 0.15) is 19.2 Å². The van der Waals surface area contributed by atoms with E-state index < -0.39 is 0 Å². The van der Waals surface area contributed by atoms with Crippen LogP contribution in [0.3, 0.4) is 0 Å². The van der Waals surface area contributed by atoms with Crippen LogP contribution in [0.4, 0.5) is 0 Å². The highest BCUT2D eigenvalue weighted by Gasteiger charge is 2.11. The number of carbonyl (C=O) groups is 1. The minimum atomic E-state index is -0.193. The number of nitrogens with zero attached hydrogens (tertiary/aromatic N) is 3. The van der Waals surface area contributed by atoms with Gasteiger partial charge in [-0.15, -0.1) is 10.2 Å². The van der Waals surface area contributed by atoms with Crippen molar-refractivity contribution in [2.24, 2.45) is 7.05 Å². The normalized spacial score (nSPS) is 10.8. The molecule has 136 valence electrons. The molecule has 2 aromatic carbocycles. The zero-order valence-electron chi connectivity index (χ0n) is 14.8. The van der Waals surface area contributed by atoms with E-state index in [1.807, 2.05) is 41.9 Å². The van der Waals surface area contributed by atoms with E-state index >= 15 is 0 Å². The molecule has 1 aromatic heterocycles. The lowest BCUT2D eigenvalue weighted by atomic mass is 10.1. The molecular formula is C19H21N3O3S. The smallest absolute Gasteiger partial charge is 0.306 e. The lowest BCUT2D eigenvalue weighted by Crippen LogP contribution is -2.06. The number of hydrogen-bond donors (Lipinski definition) is 0. The fourth-order valence-electron chi connectivity index (χ4n) is 2.46. The van der Waals surface area contributed by atoms with Gasteiger partial charge in [-0.2, -0.15) is 0 Å². The van der Waals surface area contributed by atoms with Crippen LogP contribution in [0, 0.1) is 0 Å². The van der Waals surface area contributed by atoms with E-state index in [1.165, 1.54) is 17.1 Å². The summed E-state index contributed by atoms with van der Waals surface area (Å²) in [7, 11) is 1.89. The van der Waals surface area contributed by atoms with Gasteiger partial charge in [0.25, 0.3) is 0 Å². The Hall–Kier alpha value is -2.54. The van der Waals surface area contributed by atoms with E-state index in [0.29, 0.717) is 25.4 Å². The van der Waals surface area contributed by atoms with Gasteiger partial charge in [0.2, 0.25) is 0 Å². The highest BCUT2D eigenvalue weighted by molar-refractivity contribution is 7.99. The summed E-state index contributed by atoms with van der Waals surface area (Å²) >= 11 is 1.48. The zero-order valence-corrected chi connectivity index (χ0v) is 15.7. The highest BCUT2D eigenvalue weighted by atomic mass is 32.2. The summed E-state index contributed by atoms with van der Waals surface area (Å²) in [5, 5.41) is 11.4. The van der Waals surface area contributed by atoms with E-state index in [9.17, 15) is 4.79 Å². The fraction of sp³-hybridized carbons (Fsp3) is 0.316. The van der Waals surface area contributed by atoms with E-state index in [1.54, 1.807) is 6.92 Å². The van der Waals surface area contributed by atoms with Crippen molar-refractivity contribution in [3.05, 3.63) is 48.3 Å². The second-order valence-corrected chi connectivity index (χ2v) is 6.72. The molecule has 26 heavy (non-hydrogen) atoms. The summed E-state index contributed by atoms with van der Waals surface area (Å²) in [6.07, 6.45) is 0.355. The molecule has 0 aliphatic rings. The Bertz CT molecular complexity index is 895. The van der Waals surface area contributed by atoms with Gasteiger partial charge in [-0.05, 0) is 29.8 Å². The SMILES string of the molecule is CCOC(=O)CCSc1nnc(COc2ccc3ccccc3c2)n1C. The molecule has 7 heteroatoms. The van der Waals surface area contributed by atoms with Gasteiger partial charge < -0.3 is 14.0 Å². The number of ether oxygens (including phenoxy) is 2. The van der Waals surface area contributed by atoms with Crippen molar-refractivity contribution in [3.63, 3.8) is 0 Å². The van der Waals surface area contributed by atoms with Gasteiger partial charge >= 0.3 is 5.97 Å². The number of fused-ring (bicyclic) bond motifs is 1. The minimum absolute atomic E-state index is 0.193. The Balaban J connectivity index is 1.56. The van der Waals surface area contributed by atoms with Crippen molar-refractivity contribution in [3.8, 4) is 5.75 Å². The number of rotatable bonds is 8. The maximum atomic E-state index is 11.4. The van der Waals surface area contributed by atoms with E-state index in [2.05, 4.69) is 22.3 Å². The summed E-state index contributed by atoms with van der Waals surface area (Å²) in [6.45, 7) is 2.54. The maximum absolute atomic E-state index is 11.4. The van der Waals surface area contributed by atoms with Crippen molar-refractivity contribution in [2.75, 3.05) is 12.4 Å². The quantitative estimate of drug-likeness (QED) is 0.445. The summed E-state index contributed by atoms with van der Waals surface area (Å²) in [6, 6.07) is 14.2.